The zero-order valence-electron chi connectivity index (χ0n) is 16.9. The summed E-state index contributed by atoms with van der Waals surface area (Å²) >= 11 is 1.83. The molecule has 1 aromatic heterocycles. The van der Waals surface area contributed by atoms with Gasteiger partial charge in [0.1, 0.15) is 17.2 Å². The Hall–Kier alpha value is -2.41. The third-order valence-corrected chi connectivity index (χ3v) is 5.18. The lowest BCUT2D eigenvalue weighted by atomic mass is 10.1. The van der Waals surface area contributed by atoms with Gasteiger partial charge in [0.2, 0.25) is 0 Å². The molecule has 2 N–H and O–H groups in total. The quantitative estimate of drug-likeness (QED) is 0.534. The van der Waals surface area contributed by atoms with Gasteiger partial charge in [-0.3, -0.25) is 4.99 Å². The maximum atomic E-state index is 5.50. The van der Waals surface area contributed by atoms with Crippen LogP contribution in [0.15, 0.2) is 29.3 Å². The highest BCUT2D eigenvalue weighted by atomic mass is 32.1. The number of thiophene rings is 1. The smallest absolute Gasteiger partial charge is 0.191 e. The maximum absolute atomic E-state index is 5.50. The monoisotopic (exact) mass is 391 g/mol. The minimum atomic E-state index is 0.258. The topological polar surface area (TPSA) is 64.1 Å². The Bertz CT molecular complexity index is 749. The molecule has 0 amide bonds. The number of ether oxygens (including phenoxy) is 3. The van der Waals surface area contributed by atoms with E-state index in [4.69, 9.17) is 14.2 Å². The number of aliphatic imine (C=N–C) groups is 1. The van der Waals surface area contributed by atoms with Gasteiger partial charge in [0.15, 0.2) is 5.96 Å². The lowest BCUT2D eigenvalue weighted by Gasteiger charge is -2.19. The highest BCUT2D eigenvalue weighted by Gasteiger charge is 2.14. The Kier molecular flexibility index (Phi) is 7.79. The van der Waals surface area contributed by atoms with Gasteiger partial charge in [0.25, 0.3) is 0 Å². The van der Waals surface area contributed by atoms with Crippen LogP contribution in [0.2, 0.25) is 0 Å². The molecule has 7 heteroatoms. The highest BCUT2D eigenvalue weighted by molar-refractivity contribution is 7.11. The molecule has 0 spiro atoms. The second-order valence-electron chi connectivity index (χ2n) is 6.20. The van der Waals surface area contributed by atoms with Crippen molar-refractivity contribution in [1.29, 1.82) is 0 Å². The average Bonchev–Trinajstić information content (AvgIpc) is 3.08. The van der Waals surface area contributed by atoms with Crippen LogP contribution in [0, 0.1) is 6.92 Å². The van der Waals surface area contributed by atoms with Gasteiger partial charge in [-0.05, 0) is 26.0 Å². The summed E-state index contributed by atoms with van der Waals surface area (Å²) in [6.07, 6.45) is 0.953. The van der Waals surface area contributed by atoms with Crippen LogP contribution in [0.5, 0.6) is 17.2 Å². The number of aryl methyl sites for hydroxylation is 1. The van der Waals surface area contributed by atoms with Crippen LogP contribution in [0.3, 0.4) is 0 Å². The molecule has 0 fully saturated rings. The summed E-state index contributed by atoms with van der Waals surface area (Å²) < 4.78 is 16.3. The highest BCUT2D eigenvalue weighted by Crippen LogP contribution is 2.33. The number of nitrogens with one attached hydrogen (secondary N) is 2. The fraction of sp³-hybridized carbons (Fsp3) is 0.450. The predicted molar refractivity (Wildman–Crippen MR) is 112 cm³/mol. The molecular weight excluding hydrogens is 362 g/mol. The number of benzene rings is 1. The van der Waals surface area contributed by atoms with E-state index in [-0.39, 0.29) is 6.04 Å². The largest absolute Gasteiger partial charge is 0.496 e. The molecule has 0 bridgehead atoms. The molecule has 0 aliphatic rings. The van der Waals surface area contributed by atoms with Gasteiger partial charge in [-0.15, -0.1) is 11.3 Å². The van der Waals surface area contributed by atoms with Crippen molar-refractivity contribution in [1.82, 2.24) is 10.6 Å². The van der Waals surface area contributed by atoms with Crippen LogP contribution in [0.4, 0.5) is 0 Å². The number of rotatable bonds is 8. The van der Waals surface area contributed by atoms with Gasteiger partial charge in [-0.25, -0.2) is 0 Å². The summed E-state index contributed by atoms with van der Waals surface area (Å²) in [5.41, 5.74) is 0.908. The molecule has 6 nitrogen and oxygen atoms in total. The first kappa shape index (κ1) is 20.9. The molecule has 0 radical (unpaired) electrons. The van der Waals surface area contributed by atoms with E-state index < -0.39 is 0 Å². The first-order valence-corrected chi connectivity index (χ1v) is 9.63. The Morgan fingerprint density at radius 1 is 1.11 bits per heavy atom. The van der Waals surface area contributed by atoms with Crippen molar-refractivity contribution in [2.45, 2.75) is 32.9 Å². The van der Waals surface area contributed by atoms with Crippen molar-refractivity contribution in [3.63, 3.8) is 0 Å². The van der Waals surface area contributed by atoms with E-state index in [9.17, 15) is 0 Å². The summed E-state index contributed by atoms with van der Waals surface area (Å²) in [7, 11) is 6.65. The lowest BCUT2D eigenvalue weighted by Crippen LogP contribution is -2.42. The van der Waals surface area contributed by atoms with E-state index >= 15 is 0 Å². The summed E-state index contributed by atoms with van der Waals surface area (Å²) in [5.74, 6) is 2.83. The molecule has 2 rings (SSSR count). The van der Waals surface area contributed by atoms with Crippen LogP contribution in [-0.4, -0.2) is 40.4 Å². The van der Waals surface area contributed by atoms with Gasteiger partial charge in [-0.2, -0.15) is 0 Å². The van der Waals surface area contributed by atoms with E-state index in [2.05, 4.69) is 41.6 Å². The molecule has 0 saturated carbocycles. The zero-order valence-corrected chi connectivity index (χ0v) is 17.7. The summed E-state index contributed by atoms with van der Waals surface area (Å²) in [6, 6.07) is 8.28. The van der Waals surface area contributed by atoms with E-state index in [1.165, 1.54) is 9.75 Å². The second-order valence-corrected chi connectivity index (χ2v) is 7.57. The molecule has 0 aliphatic carbocycles. The minimum absolute atomic E-state index is 0.258. The molecule has 0 aliphatic heterocycles. The van der Waals surface area contributed by atoms with Gasteiger partial charge in [-0.1, -0.05) is 0 Å². The fourth-order valence-corrected chi connectivity index (χ4v) is 3.82. The zero-order chi connectivity index (χ0) is 19.8. The SMILES string of the molecule is CN=C(NCc1c(OC)cc(OC)cc1OC)NC(C)Cc1ccc(C)s1. The molecule has 1 atom stereocenters. The molecule has 148 valence electrons. The van der Waals surface area contributed by atoms with Crippen LogP contribution < -0.4 is 24.8 Å². The number of methoxy groups -OCH3 is 3. The van der Waals surface area contributed by atoms with Gasteiger partial charge < -0.3 is 24.8 Å². The predicted octanol–water partition coefficient (Wildman–Crippen LogP) is 3.38. The van der Waals surface area contributed by atoms with E-state index in [1.54, 1.807) is 28.4 Å². The second kappa shape index (κ2) is 10.1. The molecular formula is C20H29N3O3S. The van der Waals surface area contributed by atoms with Crippen LogP contribution in [-0.2, 0) is 13.0 Å². The average molecular weight is 392 g/mol. The van der Waals surface area contributed by atoms with Gasteiger partial charge in [0.05, 0.1) is 33.4 Å². The normalized spacial score (nSPS) is 12.4. The van der Waals surface area contributed by atoms with E-state index in [0.29, 0.717) is 23.8 Å². The summed E-state index contributed by atoms with van der Waals surface area (Å²) in [5, 5.41) is 6.77. The van der Waals surface area contributed by atoms with Crippen molar-refractivity contribution in [3.8, 4) is 17.2 Å². The van der Waals surface area contributed by atoms with Crippen LogP contribution >= 0.6 is 11.3 Å². The lowest BCUT2D eigenvalue weighted by molar-refractivity contribution is 0.368. The Balaban J connectivity index is 2.03. The summed E-state index contributed by atoms with van der Waals surface area (Å²) in [6.45, 7) is 4.79. The fourth-order valence-electron chi connectivity index (χ4n) is 2.80. The molecule has 27 heavy (non-hydrogen) atoms. The number of nitrogens with zero attached hydrogens (tertiary/aromatic N) is 1. The Morgan fingerprint density at radius 3 is 2.26 bits per heavy atom. The maximum Gasteiger partial charge on any atom is 0.191 e. The number of hydrogen-bond acceptors (Lipinski definition) is 5. The third-order valence-electron chi connectivity index (χ3n) is 4.16. The van der Waals surface area contributed by atoms with Crippen LogP contribution in [0.25, 0.3) is 0 Å². The van der Waals surface area contributed by atoms with Crippen molar-refractivity contribution in [3.05, 3.63) is 39.6 Å². The van der Waals surface area contributed by atoms with Gasteiger partial charge >= 0.3 is 0 Å². The Labute approximate surface area is 165 Å². The summed E-state index contributed by atoms with van der Waals surface area (Å²) in [4.78, 5) is 7.02. The van der Waals surface area contributed by atoms with E-state index in [0.717, 1.165) is 17.9 Å². The molecule has 0 saturated heterocycles. The van der Waals surface area contributed by atoms with Crippen molar-refractivity contribution < 1.29 is 14.2 Å². The van der Waals surface area contributed by atoms with Gasteiger partial charge in [0, 0.05) is 41.4 Å². The molecule has 1 unspecified atom stereocenters. The Morgan fingerprint density at radius 2 is 1.78 bits per heavy atom. The van der Waals surface area contributed by atoms with Crippen LogP contribution in [0.1, 0.15) is 22.2 Å². The first-order valence-electron chi connectivity index (χ1n) is 8.82. The number of hydrogen-bond donors (Lipinski definition) is 2. The number of guanidine groups is 1. The van der Waals surface area contributed by atoms with Crippen molar-refractivity contribution in [2.75, 3.05) is 28.4 Å². The first-order chi connectivity index (χ1) is 13.0. The molecule has 1 heterocycles. The molecule has 1 aromatic carbocycles. The van der Waals surface area contributed by atoms with Crippen molar-refractivity contribution >= 4 is 17.3 Å². The minimum Gasteiger partial charge on any atom is -0.496 e. The van der Waals surface area contributed by atoms with E-state index in [1.807, 2.05) is 23.5 Å². The van der Waals surface area contributed by atoms with Crippen molar-refractivity contribution in [2.24, 2.45) is 4.99 Å². The standard InChI is InChI=1S/C20H29N3O3S/c1-13(9-16-8-7-14(2)27-16)23-20(21-3)22-12-17-18(25-5)10-15(24-4)11-19(17)26-6/h7-8,10-11,13H,9,12H2,1-6H3,(H2,21,22,23). The molecule has 2 aromatic rings. The third kappa shape index (κ3) is 5.79.